The Morgan fingerprint density at radius 2 is 2.11 bits per heavy atom. The number of rotatable bonds is 5. The van der Waals surface area contributed by atoms with Gasteiger partial charge in [-0.05, 0) is 32.8 Å². The van der Waals surface area contributed by atoms with Gasteiger partial charge < -0.3 is 19.4 Å². The van der Waals surface area contributed by atoms with Crippen LogP contribution in [0.4, 0.5) is 0 Å². The fourth-order valence-electron chi connectivity index (χ4n) is 3.14. The van der Waals surface area contributed by atoms with Gasteiger partial charge in [0.05, 0.1) is 16.7 Å². The Labute approximate surface area is 168 Å². The van der Waals surface area contributed by atoms with Crippen molar-refractivity contribution in [1.29, 1.82) is 0 Å². The molecule has 9 heteroatoms. The van der Waals surface area contributed by atoms with Crippen LogP contribution in [0.15, 0.2) is 22.9 Å². The number of oxazole rings is 1. The van der Waals surface area contributed by atoms with Crippen molar-refractivity contribution >= 4 is 23.4 Å². The minimum absolute atomic E-state index is 0.169. The quantitative estimate of drug-likeness (QED) is 0.819. The molecule has 0 radical (unpaired) electrons. The molecule has 2 aromatic rings. The van der Waals surface area contributed by atoms with Crippen LogP contribution in [0.25, 0.3) is 0 Å². The predicted molar refractivity (Wildman–Crippen MR) is 102 cm³/mol. The molecule has 0 saturated carbocycles. The Bertz CT molecular complexity index is 861. The molecule has 0 unspecified atom stereocenters. The van der Waals surface area contributed by atoms with E-state index in [2.05, 4.69) is 15.3 Å². The third-order valence-electron chi connectivity index (χ3n) is 4.81. The maximum atomic E-state index is 12.8. The number of methoxy groups -OCH3 is 1. The monoisotopic (exact) mass is 406 g/mol. The molecule has 0 bridgehead atoms. The fraction of sp³-hybridized carbons (Fsp3) is 0.474. The first-order valence-corrected chi connectivity index (χ1v) is 9.48. The van der Waals surface area contributed by atoms with Gasteiger partial charge in [0.15, 0.2) is 5.69 Å². The van der Waals surface area contributed by atoms with Crippen molar-refractivity contribution in [3.8, 4) is 0 Å². The van der Waals surface area contributed by atoms with Crippen molar-refractivity contribution < 1.29 is 18.7 Å². The van der Waals surface area contributed by atoms with E-state index < -0.39 is 6.04 Å². The van der Waals surface area contributed by atoms with Gasteiger partial charge in [0.2, 0.25) is 5.89 Å². The van der Waals surface area contributed by atoms with Gasteiger partial charge in [0, 0.05) is 32.6 Å². The Hall–Kier alpha value is -2.45. The number of nitrogens with zero attached hydrogens (tertiary/aromatic N) is 3. The number of hydrogen-bond donors (Lipinski definition) is 1. The van der Waals surface area contributed by atoms with Gasteiger partial charge >= 0.3 is 0 Å². The number of halogens is 1. The van der Waals surface area contributed by atoms with E-state index in [0.29, 0.717) is 24.4 Å². The zero-order valence-electron chi connectivity index (χ0n) is 16.1. The van der Waals surface area contributed by atoms with E-state index in [1.807, 2.05) is 0 Å². The molecule has 28 heavy (non-hydrogen) atoms. The molecule has 0 spiro atoms. The number of carbonyl (C=O) groups excluding carboxylic acids is 2. The van der Waals surface area contributed by atoms with Gasteiger partial charge in [0.25, 0.3) is 11.8 Å². The smallest absolute Gasteiger partial charge is 0.276 e. The normalized spacial score (nSPS) is 16.1. The summed E-state index contributed by atoms with van der Waals surface area (Å²) in [7, 11) is 1.69. The molecule has 3 rings (SSSR count). The summed E-state index contributed by atoms with van der Waals surface area (Å²) in [5.74, 6) is 0.158. The van der Waals surface area contributed by atoms with Crippen LogP contribution < -0.4 is 5.32 Å². The van der Waals surface area contributed by atoms with Crippen molar-refractivity contribution in [2.75, 3.05) is 20.2 Å². The maximum Gasteiger partial charge on any atom is 0.276 e. The molecule has 3 heterocycles. The molecule has 0 aliphatic carbocycles. The SMILES string of the molecule is COC1CCN(C(=O)c2nc([C@H](C)NC(=O)c3ccncc3Cl)oc2C)CC1. The van der Waals surface area contributed by atoms with Crippen LogP contribution in [0.3, 0.4) is 0 Å². The van der Waals surface area contributed by atoms with Crippen molar-refractivity contribution in [3.05, 3.63) is 46.4 Å². The molecular formula is C19H23ClN4O4. The lowest BCUT2D eigenvalue weighted by atomic mass is 10.1. The lowest BCUT2D eigenvalue weighted by Gasteiger charge is -2.30. The Morgan fingerprint density at radius 3 is 2.75 bits per heavy atom. The van der Waals surface area contributed by atoms with E-state index in [1.54, 1.807) is 25.9 Å². The maximum absolute atomic E-state index is 12.8. The van der Waals surface area contributed by atoms with Crippen LogP contribution in [0.2, 0.25) is 5.02 Å². The second-order valence-electron chi connectivity index (χ2n) is 6.73. The molecule has 1 fully saturated rings. The van der Waals surface area contributed by atoms with Crippen LogP contribution in [0.1, 0.15) is 58.3 Å². The van der Waals surface area contributed by atoms with Crippen molar-refractivity contribution in [2.45, 2.75) is 38.8 Å². The molecule has 1 saturated heterocycles. The van der Waals surface area contributed by atoms with E-state index in [9.17, 15) is 9.59 Å². The first-order valence-electron chi connectivity index (χ1n) is 9.10. The largest absolute Gasteiger partial charge is 0.443 e. The Morgan fingerprint density at radius 1 is 1.39 bits per heavy atom. The fourth-order valence-corrected chi connectivity index (χ4v) is 3.35. The van der Waals surface area contributed by atoms with Gasteiger partial charge in [-0.1, -0.05) is 11.6 Å². The first kappa shape index (κ1) is 20.3. The highest BCUT2D eigenvalue weighted by Crippen LogP contribution is 2.22. The van der Waals surface area contributed by atoms with Gasteiger partial charge in [-0.2, -0.15) is 0 Å². The zero-order chi connectivity index (χ0) is 20.3. The average Bonchev–Trinajstić information content (AvgIpc) is 3.09. The highest BCUT2D eigenvalue weighted by molar-refractivity contribution is 6.33. The molecule has 1 atom stereocenters. The summed E-state index contributed by atoms with van der Waals surface area (Å²) in [5, 5.41) is 3.03. The topological polar surface area (TPSA) is 97.6 Å². The van der Waals surface area contributed by atoms with E-state index in [-0.39, 0.29) is 34.5 Å². The lowest BCUT2D eigenvalue weighted by Crippen LogP contribution is -2.41. The number of ether oxygens (including phenoxy) is 1. The summed E-state index contributed by atoms with van der Waals surface area (Å²) in [5.41, 5.74) is 0.581. The third-order valence-corrected chi connectivity index (χ3v) is 5.11. The number of aromatic nitrogens is 2. The minimum Gasteiger partial charge on any atom is -0.443 e. The third kappa shape index (κ3) is 4.34. The number of pyridine rings is 1. The number of likely N-dealkylation sites (tertiary alicyclic amines) is 1. The molecule has 1 N–H and O–H groups in total. The summed E-state index contributed by atoms with van der Waals surface area (Å²) in [6.45, 7) is 4.66. The number of hydrogen-bond acceptors (Lipinski definition) is 6. The molecule has 2 aromatic heterocycles. The highest BCUT2D eigenvalue weighted by Gasteiger charge is 2.28. The number of carbonyl (C=O) groups is 2. The van der Waals surface area contributed by atoms with E-state index in [4.69, 9.17) is 20.8 Å². The van der Waals surface area contributed by atoms with Crippen LogP contribution in [0.5, 0.6) is 0 Å². The van der Waals surface area contributed by atoms with Crippen LogP contribution >= 0.6 is 11.6 Å². The second kappa shape index (κ2) is 8.70. The minimum atomic E-state index is -0.531. The van der Waals surface area contributed by atoms with Crippen molar-refractivity contribution in [1.82, 2.24) is 20.2 Å². The summed E-state index contributed by atoms with van der Waals surface area (Å²) in [6, 6.07) is 1.00. The second-order valence-corrected chi connectivity index (χ2v) is 7.14. The molecule has 8 nitrogen and oxygen atoms in total. The van der Waals surface area contributed by atoms with Gasteiger partial charge in [-0.25, -0.2) is 4.98 Å². The van der Waals surface area contributed by atoms with E-state index in [1.165, 1.54) is 18.5 Å². The number of amides is 2. The van der Waals surface area contributed by atoms with Crippen LogP contribution in [-0.2, 0) is 4.74 Å². The molecule has 1 aliphatic rings. The summed E-state index contributed by atoms with van der Waals surface area (Å²) < 4.78 is 11.0. The van der Waals surface area contributed by atoms with Gasteiger partial charge in [0.1, 0.15) is 11.8 Å². The molecule has 2 amide bonds. The predicted octanol–water partition coefficient (Wildman–Crippen LogP) is 2.77. The molecule has 0 aromatic carbocycles. The standard InChI is InChI=1S/C19H23ClN4O4/c1-11(22-17(25)14-4-7-21-10-15(14)20)18-23-16(12(2)28-18)19(26)24-8-5-13(27-3)6-9-24/h4,7,10-11,13H,5-6,8-9H2,1-3H3,(H,22,25)/t11-/m0/s1. The lowest BCUT2D eigenvalue weighted by molar-refractivity contribution is 0.0347. The molecule has 1 aliphatic heterocycles. The highest BCUT2D eigenvalue weighted by atomic mass is 35.5. The number of nitrogens with one attached hydrogen (secondary N) is 1. The van der Waals surface area contributed by atoms with Gasteiger partial charge in [-0.3, -0.25) is 14.6 Å². The van der Waals surface area contributed by atoms with Crippen LogP contribution in [-0.4, -0.2) is 53.0 Å². The summed E-state index contributed by atoms with van der Waals surface area (Å²) in [6.07, 6.45) is 4.67. The Balaban J connectivity index is 1.68. The van der Waals surface area contributed by atoms with Crippen molar-refractivity contribution in [2.24, 2.45) is 0 Å². The summed E-state index contributed by atoms with van der Waals surface area (Å²) in [4.78, 5) is 35.2. The Kier molecular flexibility index (Phi) is 6.31. The molecular weight excluding hydrogens is 384 g/mol. The first-order chi connectivity index (χ1) is 13.4. The van der Waals surface area contributed by atoms with E-state index >= 15 is 0 Å². The van der Waals surface area contributed by atoms with Crippen LogP contribution in [0, 0.1) is 6.92 Å². The van der Waals surface area contributed by atoms with Crippen molar-refractivity contribution in [3.63, 3.8) is 0 Å². The molecule has 150 valence electrons. The van der Waals surface area contributed by atoms with E-state index in [0.717, 1.165) is 12.8 Å². The van der Waals surface area contributed by atoms with Gasteiger partial charge in [-0.15, -0.1) is 0 Å². The zero-order valence-corrected chi connectivity index (χ0v) is 16.8. The number of piperidine rings is 1. The summed E-state index contributed by atoms with van der Waals surface area (Å²) >= 11 is 6.00. The number of aryl methyl sites for hydroxylation is 1. The average molecular weight is 407 g/mol.